The number of benzene rings is 3. The predicted molar refractivity (Wildman–Crippen MR) is 263 cm³/mol. The van der Waals surface area contributed by atoms with Crippen LogP contribution in [-0.4, -0.2) is 125 Å². The van der Waals surface area contributed by atoms with Crippen LogP contribution in [0.3, 0.4) is 0 Å². The molecule has 1 saturated heterocycles. The first-order chi connectivity index (χ1) is 36.8. The molecule has 9 bridgehead atoms. The first-order valence-electron chi connectivity index (χ1n) is 25.4. The Morgan fingerprint density at radius 3 is 2.62 bits per heavy atom. The van der Waals surface area contributed by atoms with Crippen molar-refractivity contribution in [3.63, 3.8) is 0 Å². The van der Waals surface area contributed by atoms with Crippen LogP contribution in [0.1, 0.15) is 77.1 Å². The second-order valence-corrected chi connectivity index (χ2v) is 21.0. The molecule has 20 heteroatoms. The molecule has 0 amide bonds. The van der Waals surface area contributed by atoms with Crippen LogP contribution in [0.25, 0.3) is 10.9 Å². The molecule has 11 N–H and O–H groups in total. The SMILES string of the molecule is NC1NC=CC23OC4Oc5cc6c(c(Cn7cc8cc[nH]c8c7CO)c5CC5(CCC(CC#CC(C(=O)O)C(=O)OC12)C5)C4(O)C(O)C3O)C1Oc2c3ccc(OCO)c2OCC(O)C#CC(c2ccccc2)C(O6)C31. The largest absolute Gasteiger partial charge is 0.487 e. The fraction of sp³-hybridized carbons (Fsp3) is 0.429. The number of hydrogen-bond donors (Lipinski definition) is 10. The first-order valence-corrected chi connectivity index (χ1v) is 25.4. The molecule has 76 heavy (non-hydrogen) atoms. The minimum atomic E-state index is -2.41. The Kier molecular flexibility index (Phi) is 11.4. The van der Waals surface area contributed by atoms with Crippen LogP contribution in [0.5, 0.6) is 28.7 Å². The number of carbonyl (C=O) groups is 2. The van der Waals surface area contributed by atoms with E-state index in [9.17, 15) is 45.3 Å². The van der Waals surface area contributed by atoms with E-state index in [0.29, 0.717) is 45.6 Å². The summed E-state index contributed by atoms with van der Waals surface area (Å²) in [5.74, 6) is 6.48. The van der Waals surface area contributed by atoms with Gasteiger partial charge in [0.15, 0.2) is 35.6 Å². The van der Waals surface area contributed by atoms with Crippen molar-refractivity contribution in [2.45, 2.75) is 117 Å². The Hall–Kier alpha value is -7.24. The highest BCUT2D eigenvalue weighted by atomic mass is 16.7. The highest BCUT2D eigenvalue weighted by Gasteiger charge is 2.74. The summed E-state index contributed by atoms with van der Waals surface area (Å²) in [7, 11) is 0. The topological polar surface area (TPSA) is 299 Å². The molecular weight excluding hydrogens is 985 g/mol. The zero-order valence-corrected chi connectivity index (χ0v) is 40.6. The summed E-state index contributed by atoms with van der Waals surface area (Å²) >= 11 is 0. The number of carboxylic acids is 1. The van der Waals surface area contributed by atoms with Crippen LogP contribution in [0.4, 0.5) is 0 Å². The number of aromatic amines is 1. The number of aliphatic carboxylic acids is 1. The number of nitrogens with zero attached hydrogens (tertiary/aromatic N) is 1. The summed E-state index contributed by atoms with van der Waals surface area (Å²) in [6.45, 7) is -1.23. The van der Waals surface area contributed by atoms with E-state index in [0.717, 1.165) is 10.9 Å². The van der Waals surface area contributed by atoms with Gasteiger partial charge in [0.1, 0.15) is 54.8 Å². The van der Waals surface area contributed by atoms with E-state index in [-0.39, 0.29) is 74.4 Å². The fourth-order valence-corrected chi connectivity index (χ4v) is 13.5. The van der Waals surface area contributed by atoms with Crippen molar-refractivity contribution in [3.8, 4) is 52.4 Å². The lowest BCUT2D eigenvalue weighted by atomic mass is 9.59. The van der Waals surface area contributed by atoms with E-state index in [1.807, 2.05) is 53.2 Å². The minimum absolute atomic E-state index is 0.00923. The van der Waals surface area contributed by atoms with E-state index in [2.05, 4.69) is 34.0 Å². The van der Waals surface area contributed by atoms with Gasteiger partial charge in [-0.2, -0.15) is 0 Å². The number of hydrogen-bond acceptors (Lipinski definition) is 17. The molecule has 2 fully saturated rings. The van der Waals surface area contributed by atoms with Crippen LogP contribution < -0.4 is 34.7 Å². The third-order valence-electron chi connectivity index (χ3n) is 17.1. The Morgan fingerprint density at radius 2 is 1.82 bits per heavy atom. The molecule has 2 spiro atoms. The lowest BCUT2D eigenvalue weighted by Gasteiger charge is -2.59. The average molecular weight is 1040 g/mol. The van der Waals surface area contributed by atoms with Crippen molar-refractivity contribution in [2.75, 3.05) is 13.4 Å². The number of aliphatic hydroxyl groups is 6. The second-order valence-electron chi connectivity index (χ2n) is 21.0. The summed E-state index contributed by atoms with van der Waals surface area (Å²) in [6.07, 6.45) is -4.62. The van der Waals surface area contributed by atoms with Crippen LogP contribution in [0, 0.1) is 40.9 Å². The van der Waals surface area contributed by atoms with Crippen LogP contribution in [0.2, 0.25) is 0 Å². The molecule has 9 aliphatic rings. The van der Waals surface area contributed by atoms with Gasteiger partial charge in [-0.3, -0.25) is 9.59 Å². The Labute approximate surface area is 433 Å². The molecule has 14 rings (SSSR count). The number of rotatable bonds is 7. The van der Waals surface area contributed by atoms with Crippen molar-refractivity contribution in [2.24, 2.45) is 23.0 Å². The van der Waals surface area contributed by atoms with Crippen molar-refractivity contribution < 1.29 is 78.5 Å². The summed E-state index contributed by atoms with van der Waals surface area (Å²) in [5, 5.41) is 85.4. The van der Waals surface area contributed by atoms with Crippen LogP contribution >= 0.6 is 0 Å². The monoisotopic (exact) mass is 1040 g/mol. The van der Waals surface area contributed by atoms with Gasteiger partial charge in [0.2, 0.25) is 18.0 Å². The van der Waals surface area contributed by atoms with Crippen LogP contribution in [-0.2, 0) is 38.6 Å². The van der Waals surface area contributed by atoms with Gasteiger partial charge in [0.05, 0.1) is 29.7 Å². The smallest absolute Gasteiger partial charge is 0.333 e. The normalized spacial score (nSPS) is 35.2. The molecule has 1 saturated carbocycles. The van der Waals surface area contributed by atoms with Gasteiger partial charge in [-0.25, -0.2) is 0 Å². The fourth-order valence-electron chi connectivity index (χ4n) is 13.5. The van der Waals surface area contributed by atoms with Gasteiger partial charge in [-0.05, 0) is 67.1 Å². The molecule has 15 atom stereocenters. The third kappa shape index (κ3) is 7.09. The zero-order chi connectivity index (χ0) is 52.4. The quantitative estimate of drug-likeness (QED) is 0.0483. The third-order valence-corrected chi connectivity index (χ3v) is 17.1. The van der Waals surface area contributed by atoms with Gasteiger partial charge in [-0.15, -0.1) is 5.92 Å². The number of nitrogens with two attached hydrogens (primary N) is 1. The molecule has 5 aromatic rings. The lowest BCUT2D eigenvalue weighted by Crippen LogP contribution is -2.80. The highest BCUT2D eigenvalue weighted by molar-refractivity contribution is 5.97. The van der Waals surface area contributed by atoms with Gasteiger partial charge in [0.25, 0.3) is 0 Å². The second kappa shape index (κ2) is 17.9. The maximum atomic E-state index is 13.8. The molecule has 15 unspecified atom stereocenters. The first kappa shape index (κ1) is 48.4. The molecule has 3 aromatic carbocycles. The number of carboxylic acid groups (broad SMARTS) is 1. The summed E-state index contributed by atoms with van der Waals surface area (Å²) < 4.78 is 48.4. The molecule has 0 radical (unpaired) electrons. The number of nitrogens with one attached hydrogen (secondary N) is 2. The molecular formula is C56H54N4O16. The van der Waals surface area contributed by atoms with Gasteiger partial charge >= 0.3 is 11.9 Å². The molecule has 394 valence electrons. The van der Waals surface area contributed by atoms with E-state index in [1.54, 1.807) is 18.3 Å². The molecule has 8 aliphatic heterocycles. The van der Waals surface area contributed by atoms with E-state index in [1.165, 1.54) is 12.3 Å². The average Bonchev–Trinajstić information content (AvgIpc) is 4.28. The maximum Gasteiger partial charge on any atom is 0.333 e. The molecule has 1 aliphatic carbocycles. The number of ether oxygens (including phenoxy) is 7. The number of carbonyl (C=O) groups excluding carboxylic acids is 1. The lowest BCUT2D eigenvalue weighted by molar-refractivity contribution is -0.377. The van der Waals surface area contributed by atoms with Crippen molar-refractivity contribution in [1.82, 2.24) is 14.9 Å². The number of aliphatic hydroxyl groups excluding tert-OH is 5. The standard InChI is InChI=1S/C56H54N4O16/c57-50-49-55(16-18-59-50)47(64)48(65)56(69)53(76-55)73-38-19-39-40(46-41-32-11-12-37(71-26-62)45(44(32)74-46)70-25-30(63)9-10-31(43(41)72-39)28-6-2-1-3-7-28)35(23-60-22-29-14-17-58-42(29)36(60)24-61)34(38)21-54(56)15-13-27(20-54)5-4-8-33(51(66)67)52(68)75-49/h1-3,6-7,11-12,14,16-19,22,27,30-31,33,41,43,46-50,53,58-59,61-65,69H,5,13,15,20-21,23-26,57H2,(H,66,67). The van der Waals surface area contributed by atoms with Gasteiger partial charge in [-0.1, -0.05) is 54.2 Å². The van der Waals surface area contributed by atoms with E-state index < -0.39 is 102 Å². The Bertz CT molecular complexity index is 3350. The van der Waals surface area contributed by atoms with Gasteiger partial charge < -0.3 is 89.5 Å². The highest BCUT2D eigenvalue weighted by Crippen LogP contribution is 2.65. The molecule has 2 aromatic heterocycles. The number of H-pyrrole nitrogens is 1. The number of fused-ring (bicyclic) bond motifs is 9. The number of aromatic nitrogens is 2. The summed E-state index contributed by atoms with van der Waals surface area (Å²) in [6, 6.07) is 16.6. The van der Waals surface area contributed by atoms with Crippen molar-refractivity contribution in [1.29, 1.82) is 0 Å². The van der Waals surface area contributed by atoms with Crippen molar-refractivity contribution in [3.05, 3.63) is 113 Å². The van der Waals surface area contributed by atoms with Crippen LogP contribution in [0.15, 0.2) is 79.3 Å². The van der Waals surface area contributed by atoms with E-state index in [4.69, 9.17) is 38.9 Å². The Morgan fingerprint density at radius 1 is 0.974 bits per heavy atom. The maximum absolute atomic E-state index is 13.8. The van der Waals surface area contributed by atoms with Gasteiger partial charge in [0, 0.05) is 58.9 Å². The number of esters is 1. The zero-order valence-electron chi connectivity index (χ0n) is 40.6. The van der Waals surface area contributed by atoms with E-state index >= 15 is 0 Å². The molecule has 20 nitrogen and oxygen atoms in total. The predicted octanol–water partition coefficient (Wildman–Crippen LogP) is 2.05. The minimum Gasteiger partial charge on any atom is -0.487 e. The Balaban J connectivity index is 1.06. The summed E-state index contributed by atoms with van der Waals surface area (Å²) in [5.41, 5.74) is 5.06. The molecule has 10 heterocycles. The summed E-state index contributed by atoms with van der Waals surface area (Å²) in [4.78, 5) is 29.6. The van der Waals surface area contributed by atoms with Crippen molar-refractivity contribution >= 4 is 22.8 Å².